The van der Waals surface area contributed by atoms with Crippen molar-refractivity contribution in [3.63, 3.8) is 0 Å². The zero-order valence-corrected chi connectivity index (χ0v) is 10.8. The maximum absolute atomic E-state index is 4.13. The van der Waals surface area contributed by atoms with Crippen LogP contribution in [-0.2, 0) is 6.42 Å². The van der Waals surface area contributed by atoms with Gasteiger partial charge in [0.1, 0.15) is 10.7 Å². The van der Waals surface area contributed by atoms with E-state index in [-0.39, 0.29) is 0 Å². The van der Waals surface area contributed by atoms with E-state index in [2.05, 4.69) is 38.9 Å². The van der Waals surface area contributed by atoms with Gasteiger partial charge in [-0.05, 0) is 11.5 Å². The molecule has 0 saturated carbocycles. The molecule has 2 aromatic rings. The van der Waals surface area contributed by atoms with Crippen LogP contribution in [-0.4, -0.2) is 32.4 Å². The molecule has 2 aromatic heterocycles. The average Bonchev–Trinajstić information content (AvgIpc) is 2.85. The topological polar surface area (TPSA) is 63.6 Å². The molecule has 1 N–H and O–H groups in total. The van der Waals surface area contributed by atoms with Gasteiger partial charge in [-0.1, -0.05) is 29.7 Å². The van der Waals surface area contributed by atoms with E-state index in [0.29, 0.717) is 6.04 Å². The number of aromatic nitrogens is 4. The highest BCUT2D eigenvalue weighted by Gasteiger charge is 2.08. The molecular formula is C9H13N5S2. The molecule has 0 aliphatic carbocycles. The SMILES string of the molecule is CC(C)NCCc1nnc(-c2csnn2)s1. The predicted octanol–water partition coefficient (Wildman–Crippen LogP) is 1.60. The van der Waals surface area contributed by atoms with Crippen LogP contribution in [0.25, 0.3) is 10.7 Å². The third kappa shape index (κ3) is 3.03. The Kier molecular flexibility index (Phi) is 3.92. The van der Waals surface area contributed by atoms with Gasteiger partial charge in [0.25, 0.3) is 0 Å². The summed E-state index contributed by atoms with van der Waals surface area (Å²) in [6.45, 7) is 5.20. The van der Waals surface area contributed by atoms with Gasteiger partial charge in [-0.3, -0.25) is 0 Å². The van der Waals surface area contributed by atoms with Gasteiger partial charge < -0.3 is 5.32 Å². The molecule has 0 atom stereocenters. The molecule has 7 heteroatoms. The summed E-state index contributed by atoms with van der Waals surface area (Å²) in [7, 11) is 0. The number of nitrogens with one attached hydrogen (secondary N) is 1. The standard InChI is InChI=1S/C9H13N5S2/c1-6(2)10-4-3-8-12-13-9(16-8)7-5-15-14-11-7/h5-6,10H,3-4H2,1-2H3. The average molecular weight is 255 g/mol. The molecule has 0 spiro atoms. The lowest BCUT2D eigenvalue weighted by molar-refractivity contribution is 0.588. The van der Waals surface area contributed by atoms with E-state index in [1.165, 1.54) is 11.5 Å². The van der Waals surface area contributed by atoms with Crippen molar-refractivity contribution in [1.29, 1.82) is 0 Å². The third-order valence-electron chi connectivity index (χ3n) is 1.94. The van der Waals surface area contributed by atoms with E-state index in [1.807, 2.05) is 5.38 Å². The third-order valence-corrected chi connectivity index (χ3v) is 3.45. The lowest BCUT2D eigenvalue weighted by Gasteiger charge is -2.04. The Labute approximate surface area is 102 Å². The fourth-order valence-electron chi connectivity index (χ4n) is 1.18. The van der Waals surface area contributed by atoms with Crippen LogP contribution in [0.3, 0.4) is 0 Å². The molecule has 2 rings (SSSR count). The molecular weight excluding hydrogens is 242 g/mol. The van der Waals surface area contributed by atoms with Gasteiger partial charge in [0.05, 0.1) is 0 Å². The van der Waals surface area contributed by atoms with Crippen LogP contribution in [0.5, 0.6) is 0 Å². The second-order valence-electron chi connectivity index (χ2n) is 3.65. The summed E-state index contributed by atoms with van der Waals surface area (Å²) in [6, 6.07) is 0.509. The molecule has 0 saturated heterocycles. The lowest BCUT2D eigenvalue weighted by atomic mass is 10.3. The van der Waals surface area contributed by atoms with E-state index in [4.69, 9.17) is 0 Å². The highest BCUT2D eigenvalue weighted by molar-refractivity contribution is 7.15. The number of rotatable bonds is 5. The van der Waals surface area contributed by atoms with E-state index < -0.39 is 0 Å². The van der Waals surface area contributed by atoms with Crippen molar-refractivity contribution in [2.75, 3.05) is 6.54 Å². The largest absolute Gasteiger partial charge is 0.314 e. The van der Waals surface area contributed by atoms with Crippen molar-refractivity contribution in [2.45, 2.75) is 26.3 Å². The van der Waals surface area contributed by atoms with Gasteiger partial charge in [0.15, 0.2) is 5.01 Å². The maximum atomic E-state index is 4.13. The van der Waals surface area contributed by atoms with Crippen LogP contribution in [0.4, 0.5) is 0 Å². The predicted molar refractivity (Wildman–Crippen MR) is 65.7 cm³/mol. The van der Waals surface area contributed by atoms with Gasteiger partial charge in [-0.25, -0.2) is 0 Å². The van der Waals surface area contributed by atoms with Crippen LogP contribution in [0.15, 0.2) is 5.38 Å². The molecule has 0 fully saturated rings. The van der Waals surface area contributed by atoms with E-state index >= 15 is 0 Å². The van der Waals surface area contributed by atoms with Crippen molar-refractivity contribution in [3.05, 3.63) is 10.4 Å². The van der Waals surface area contributed by atoms with E-state index in [1.54, 1.807) is 11.3 Å². The quantitative estimate of drug-likeness (QED) is 0.879. The van der Waals surface area contributed by atoms with Gasteiger partial charge >= 0.3 is 0 Å². The van der Waals surface area contributed by atoms with Gasteiger partial charge in [0, 0.05) is 24.4 Å². The maximum Gasteiger partial charge on any atom is 0.169 e. The smallest absolute Gasteiger partial charge is 0.169 e. The Morgan fingerprint density at radius 3 is 2.88 bits per heavy atom. The molecule has 0 aromatic carbocycles. The summed E-state index contributed by atoms with van der Waals surface area (Å²) in [5.74, 6) is 0. The number of nitrogens with zero attached hydrogens (tertiary/aromatic N) is 4. The first kappa shape index (κ1) is 11.6. The van der Waals surface area contributed by atoms with Crippen LogP contribution in [0.2, 0.25) is 0 Å². The normalized spacial score (nSPS) is 11.2. The fraction of sp³-hybridized carbons (Fsp3) is 0.556. The van der Waals surface area contributed by atoms with Gasteiger partial charge in [-0.2, -0.15) is 0 Å². The molecule has 0 amide bonds. The first-order valence-corrected chi connectivity index (χ1v) is 6.74. The zero-order valence-electron chi connectivity index (χ0n) is 9.17. The fourth-order valence-corrected chi connectivity index (χ4v) is 2.49. The van der Waals surface area contributed by atoms with E-state index in [9.17, 15) is 0 Å². The summed E-state index contributed by atoms with van der Waals surface area (Å²) < 4.78 is 3.81. The van der Waals surface area contributed by atoms with Crippen molar-refractivity contribution in [2.24, 2.45) is 0 Å². The van der Waals surface area contributed by atoms with Crippen molar-refractivity contribution >= 4 is 22.9 Å². The Balaban J connectivity index is 1.93. The second kappa shape index (κ2) is 5.42. The minimum atomic E-state index is 0.509. The van der Waals surface area contributed by atoms with Crippen molar-refractivity contribution in [3.8, 4) is 10.7 Å². The summed E-state index contributed by atoms with van der Waals surface area (Å²) in [4.78, 5) is 0. The zero-order chi connectivity index (χ0) is 11.4. The Morgan fingerprint density at radius 1 is 1.31 bits per heavy atom. The van der Waals surface area contributed by atoms with Crippen LogP contribution in [0, 0.1) is 0 Å². The Morgan fingerprint density at radius 2 is 2.19 bits per heavy atom. The lowest BCUT2D eigenvalue weighted by Crippen LogP contribution is -2.24. The summed E-state index contributed by atoms with van der Waals surface area (Å²) >= 11 is 2.92. The van der Waals surface area contributed by atoms with Crippen LogP contribution in [0.1, 0.15) is 18.9 Å². The highest BCUT2D eigenvalue weighted by atomic mass is 32.1. The molecule has 16 heavy (non-hydrogen) atoms. The monoisotopic (exact) mass is 255 g/mol. The second-order valence-corrected chi connectivity index (χ2v) is 5.32. The first-order chi connectivity index (χ1) is 7.75. The number of hydrogen-bond donors (Lipinski definition) is 1. The van der Waals surface area contributed by atoms with Gasteiger partial charge in [0.2, 0.25) is 0 Å². The Hall–Kier alpha value is -0.920. The Bertz CT molecular complexity index is 423. The van der Waals surface area contributed by atoms with E-state index in [0.717, 1.165) is 28.7 Å². The summed E-state index contributed by atoms with van der Waals surface area (Å²) in [5.41, 5.74) is 0.825. The molecule has 86 valence electrons. The van der Waals surface area contributed by atoms with Crippen molar-refractivity contribution in [1.82, 2.24) is 25.1 Å². The molecule has 5 nitrogen and oxygen atoms in total. The van der Waals surface area contributed by atoms with Crippen LogP contribution < -0.4 is 5.32 Å². The summed E-state index contributed by atoms with van der Waals surface area (Å²) in [6.07, 6.45) is 0.910. The molecule has 0 radical (unpaired) electrons. The minimum absolute atomic E-state index is 0.509. The molecule has 0 aliphatic heterocycles. The minimum Gasteiger partial charge on any atom is -0.314 e. The first-order valence-electron chi connectivity index (χ1n) is 5.09. The van der Waals surface area contributed by atoms with Crippen molar-refractivity contribution < 1.29 is 0 Å². The highest BCUT2D eigenvalue weighted by Crippen LogP contribution is 2.21. The molecule has 0 aliphatic rings. The number of hydrogen-bond acceptors (Lipinski definition) is 7. The summed E-state index contributed by atoms with van der Waals surface area (Å²) in [5, 5.41) is 19.3. The molecule has 0 bridgehead atoms. The van der Waals surface area contributed by atoms with Gasteiger partial charge in [-0.15, -0.1) is 15.3 Å². The molecule has 0 unspecified atom stereocenters. The molecule has 2 heterocycles. The van der Waals surface area contributed by atoms with Crippen LogP contribution >= 0.6 is 22.9 Å².